The van der Waals surface area contributed by atoms with Crippen molar-refractivity contribution >= 4 is 110 Å². The van der Waals surface area contributed by atoms with Crippen LogP contribution in [0.3, 0.4) is 0 Å². The van der Waals surface area contributed by atoms with E-state index in [0.717, 1.165) is 38.7 Å². The van der Waals surface area contributed by atoms with Crippen molar-refractivity contribution in [1.29, 1.82) is 0 Å². The molecule has 4 heterocycles. The SMILES string of the molecule is c1ccc2c(c1)[se]c1c(-n3c4ccccc4c4c5c6ccccc6n(-c6cnc7c8ccccc8c8ccccc8c7n6)c5ccc43)cccc12. The average molecular weight is 714 g/mol. The minimum absolute atomic E-state index is 0.227. The molecule has 5 heteroatoms. The number of benzene rings is 8. The molecule has 4 aromatic heterocycles. The van der Waals surface area contributed by atoms with E-state index in [4.69, 9.17) is 9.97 Å². The molecule has 12 aromatic rings. The van der Waals surface area contributed by atoms with E-state index in [1.165, 1.54) is 68.3 Å². The van der Waals surface area contributed by atoms with Gasteiger partial charge >= 0.3 is 234 Å². The van der Waals surface area contributed by atoms with E-state index in [0.29, 0.717) is 0 Å². The van der Waals surface area contributed by atoms with Crippen molar-refractivity contribution in [1.82, 2.24) is 19.1 Å². The maximum atomic E-state index is 5.45. The molecule has 0 saturated heterocycles. The van der Waals surface area contributed by atoms with Crippen LogP contribution in [-0.2, 0) is 0 Å². The molecule has 8 aromatic carbocycles. The first kappa shape index (κ1) is 27.5. The second kappa shape index (κ2) is 10.1. The van der Waals surface area contributed by atoms with Gasteiger partial charge in [0.15, 0.2) is 0 Å². The summed E-state index contributed by atoms with van der Waals surface area (Å²) in [5.74, 6) is 0.818. The molecule has 4 nitrogen and oxygen atoms in total. The molecule has 0 fully saturated rings. The summed E-state index contributed by atoms with van der Waals surface area (Å²) in [6, 6.07) is 55.1. The normalized spacial score (nSPS) is 12.3. The molecule has 0 aliphatic heterocycles. The third kappa shape index (κ3) is 3.64. The zero-order valence-electron chi connectivity index (χ0n) is 27.2. The Kier molecular flexibility index (Phi) is 5.48. The average Bonchev–Trinajstić information content (AvgIpc) is 3.85. The van der Waals surface area contributed by atoms with Crippen LogP contribution < -0.4 is 0 Å². The van der Waals surface area contributed by atoms with Crippen LogP contribution in [0.2, 0.25) is 0 Å². The van der Waals surface area contributed by atoms with Crippen LogP contribution in [0.4, 0.5) is 0 Å². The van der Waals surface area contributed by atoms with Gasteiger partial charge in [0.25, 0.3) is 0 Å². The number of fused-ring (bicyclic) bond motifs is 16. The van der Waals surface area contributed by atoms with Gasteiger partial charge in [-0.3, -0.25) is 0 Å². The molecule has 0 aliphatic carbocycles. The van der Waals surface area contributed by atoms with Gasteiger partial charge < -0.3 is 0 Å². The Hall–Kier alpha value is -6.26. The summed E-state index contributed by atoms with van der Waals surface area (Å²) in [4.78, 5) is 10.6. The summed E-state index contributed by atoms with van der Waals surface area (Å²) in [6.07, 6.45) is 1.95. The van der Waals surface area contributed by atoms with Gasteiger partial charge in [0.05, 0.1) is 0 Å². The van der Waals surface area contributed by atoms with Crippen LogP contribution in [0.5, 0.6) is 0 Å². The number of hydrogen-bond acceptors (Lipinski definition) is 2. The summed E-state index contributed by atoms with van der Waals surface area (Å²) in [7, 11) is 0. The molecule has 0 spiro atoms. The van der Waals surface area contributed by atoms with E-state index in [2.05, 4.69) is 161 Å². The minimum atomic E-state index is 0.227. The van der Waals surface area contributed by atoms with Gasteiger partial charge in [-0.15, -0.1) is 0 Å². The summed E-state index contributed by atoms with van der Waals surface area (Å²) in [5.41, 5.74) is 7.81. The van der Waals surface area contributed by atoms with Crippen LogP contribution in [-0.4, -0.2) is 33.6 Å². The molecule has 236 valence electrons. The Balaban J connectivity index is 1.20. The molecule has 0 bridgehead atoms. The van der Waals surface area contributed by atoms with E-state index in [1.54, 1.807) is 0 Å². The molecular formula is C46H26N4Se. The van der Waals surface area contributed by atoms with E-state index in [1.807, 2.05) is 6.20 Å². The summed E-state index contributed by atoms with van der Waals surface area (Å²) >= 11 is 0.227. The first-order valence-electron chi connectivity index (χ1n) is 17.3. The van der Waals surface area contributed by atoms with Crippen LogP contribution in [0, 0.1) is 0 Å². The molecule has 51 heavy (non-hydrogen) atoms. The van der Waals surface area contributed by atoms with Gasteiger partial charge in [0, 0.05) is 5.39 Å². The maximum absolute atomic E-state index is 5.45. The van der Waals surface area contributed by atoms with Gasteiger partial charge in [-0.2, -0.15) is 0 Å². The molecular weight excluding hydrogens is 687 g/mol. The van der Waals surface area contributed by atoms with Crippen LogP contribution in [0.15, 0.2) is 158 Å². The monoisotopic (exact) mass is 714 g/mol. The Labute approximate surface area is 297 Å². The van der Waals surface area contributed by atoms with Crippen molar-refractivity contribution in [3.05, 3.63) is 158 Å². The molecule has 0 amide bonds. The van der Waals surface area contributed by atoms with Gasteiger partial charge in [-0.25, -0.2) is 0 Å². The van der Waals surface area contributed by atoms with Gasteiger partial charge in [-0.05, 0) is 10.8 Å². The quantitative estimate of drug-likeness (QED) is 0.132. The van der Waals surface area contributed by atoms with Crippen LogP contribution in [0.25, 0.3) is 107 Å². The summed E-state index contributed by atoms with van der Waals surface area (Å²) in [6.45, 7) is 0. The number of aromatic nitrogens is 4. The zero-order valence-corrected chi connectivity index (χ0v) is 28.9. The topological polar surface area (TPSA) is 35.6 Å². The van der Waals surface area contributed by atoms with Crippen molar-refractivity contribution in [2.75, 3.05) is 0 Å². The molecule has 0 atom stereocenters. The zero-order chi connectivity index (χ0) is 33.2. The fourth-order valence-corrected chi connectivity index (χ4v) is 11.2. The van der Waals surface area contributed by atoms with E-state index in [-0.39, 0.29) is 14.5 Å². The molecule has 12 rings (SSSR count). The van der Waals surface area contributed by atoms with E-state index >= 15 is 0 Å². The summed E-state index contributed by atoms with van der Waals surface area (Å²) in [5, 5.41) is 12.3. The first-order valence-corrected chi connectivity index (χ1v) is 19.0. The number of hydrogen-bond donors (Lipinski definition) is 0. The standard InChI is InChI=1S/C46H26N4Se/c1-3-15-30-27(12-1)28-13-2-4-16-31(28)45-44(30)47-26-41(48-45)50-36-21-9-6-18-34(36)43-38(50)25-24-37-42(43)33-17-5-8-20-35(33)49(37)39-22-11-19-32-29-14-7-10-23-40(29)51-46(32)39/h1-26H. The van der Waals surface area contributed by atoms with Crippen molar-refractivity contribution in [3.8, 4) is 11.5 Å². The second-order valence-corrected chi connectivity index (χ2v) is 15.5. The van der Waals surface area contributed by atoms with E-state index < -0.39 is 0 Å². The Morgan fingerprint density at radius 3 is 1.63 bits per heavy atom. The third-order valence-corrected chi connectivity index (χ3v) is 13.3. The number of nitrogens with zero attached hydrogens (tertiary/aromatic N) is 4. The fraction of sp³-hybridized carbons (Fsp3) is 0. The van der Waals surface area contributed by atoms with Gasteiger partial charge in [0.2, 0.25) is 0 Å². The fourth-order valence-electron chi connectivity index (χ4n) is 8.65. The van der Waals surface area contributed by atoms with Crippen molar-refractivity contribution in [2.24, 2.45) is 0 Å². The van der Waals surface area contributed by atoms with Crippen LogP contribution in [0.1, 0.15) is 0 Å². The first-order chi connectivity index (χ1) is 25.3. The third-order valence-electron chi connectivity index (χ3n) is 10.7. The number of rotatable bonds is 2. The van der Waals surface area contributed by atoms with Gasteiger partial charge in [0.1, 0.15) is 0 Å². The Morgan fingerprint density at radius 1 is 0.392 bits per heavy atom. The predicted octanol–water partition coefficient (Wildman–Crippen LogP) is 11.5. The molecule has 0 unspecified atom stereocenters. The molecule has 0 N–H and O–H groups in total. The number of para-hydroxylation sites is 2. The second-order valence-electron chi connectivity index (χ2n) is 13.3. The van der Waals surface area contributed by atoms with Crippen LogP contribution >= 0.6 is 0 Å². The van der Waals surface area contributed by atoms with Crippen molar-refractivity contribution in [3.63, 3.8) is 0 Å². The van der Waals surface area contributed by atoms with E-state index in [9.17, 15) is 0 Å². The Morgan fingerprint density at radius 2 is 0.922 bits per heavy atom. The van der Waals surface area contributed by atoms with Gasteiger partial charge in [-0.1, -0.05) is 48.5 Å². The summed E-state index contributed by atoms with van der Waals surface area (Å²) < 4.78 is 7.72. The van der Waals surface area contributed by atoms with Crippen molar-refractivity contribution in [2.45, 2.75) is 0 Å². The molecule has 0 saturated carbocycles. The molecule has 0 radical (unpaired) electrons. The predicted molar refractivity (Wildman–Crippen MR) is 215 cm³/mol. The Bertz CT molecular complexity index is 3400. The van der Waals surface area contributed by atoms with Crippen molar-refractivity contribution < 1.29 is 0 Å². The molecule has 0 aliphatic rings.